The molecular weight excluding hydrogens is 276 g/mol. The number of piperazine rings is 1. The standard InChI is InChI=1S/C18H22N2O2/c1-12(2)8-17(21)19-10-16-15-7-5-4-6-14(15)13(3)9-20(16)18(22)11-19/h4-8,13,16H,9-11H2,1-3H3. The van der Waals surface area contributed by atoms with Crippen molar-refractivity contribution < 1.29 is 9.59 Å². The third-order valence-corrected chi connectivity index (χ3v) is 4.50. The van der Waals surface area contributed by atoms with Gasteiger partial charge in [-0.2, -0.15) is 0 Å². The van der Waals surface area contributed by atoms with E-state index >= 15 is 0 Å². The number of hydrogen-bond acceptors (Lipinski definition) is 2. The van der Waals surface area contributed by atoms with Crippen LogP contribution in [0.15, 0.2) is 35.9 Å². The second kappa shape index (κ2) is 5.59. The Morgan fingerprint density at radius 2 is 1.86 bits per heavy atom. The monoisotopic (exact) mass is 298 g/mol. The van der Waals surface area contributed by atoms with E-state index in [9.17, 15) is 9.59 Å². The quantitative estimate of drug-likeness (QED) is 0.747. The minimum atomic E-state index is -0.0656. The number of fused-ring (bicyclic) bond motifs is 3. The van der Waals surface area contributed by atoms with Crippen LogP contribution in [-0.2, 0) is 9.59 Å². The molecule has 2 aliphatic heterocycles. The largest absolute Gasteiger partial charge is 0.332 e. The Bertz CT molecular complexity index is 646. The fourth-order valence-corrected chi connectivity index (χ4v) is 3.46. The number of allylic oxidation sites excluding steroid dienone is 1. The maximum atomic E-state index is 12.5. The molecule has 4 nitrogen and oxygen atoms in total. The predicted molar refractivity (Wildman–Crippen MR) is 85.3 cm³/mol. The Balaban J connectivity index is 1.93. The third-order valence-electron chi connectivity index (χ3n) is 4.50. The summed E-state index contributed by atoms with van der Waals surface area (Å²) in [6.07, 6.45) is 1.61. The number of hydrogen-bond donors (Lipinski definition) is 0. The minimum absolute atomic E-state index is 0.0110. The third kappa shape index (κ3) is 2.54. The molecular formula is C18H22N2O2. The molecule has 2 heterocycles. The lowest BCUT2D eigenvalue weighted by molar-refractivity contribution is -0.147. The fourth-order valence-electron chi connectivity index (χ4n) is 3.46. The minimum Gasteiger partial charge on any atom is -0.332 e. The van der Waals surface area contributed by atoms with Gasteiger partial charge in [-0.05, 0) is 30.9 Å². The molecule has 0 aliphatic carbocycles. The van der Waals surface area contributed by atoms with Crippen LogP contribution in [0.5, 0.6) is 0 Å². The molecule has 3 rings (SSSR count). The average molecular weight is 298 g/mol. The van der Waals surface area contributed by atoms with Crippen LogP contribution >= 0.6 is 0 Å². The first-order chi connectivity index (χ1) is 10.5. The first-order valence-corrected chi connectivity index (χ1v) is 7.79. The van der Waals surface area contributed by atoms with Crippen LogP contribution in [0, 0.1) is 0 Å². The van der Waals surface area contributed by atoms with Crippen LogP contribution in [0.1, 0.15) is 43.9 Å². The van der Waals surface area contributed by atoms with Crippen molar-refractivity contribution in [1.82, 2.24) is 9.80 Å². The van der Waals surface area contributed by atoms with E-state index in [4.69, 9.17) is 0 Å². The first kappa shape index (κ1) is 14.8. The van der Waals surface area contributed by atoms with E-state index < -0.39 is 0 Å². The highest BCUT2D eigenvalue weighted by atomic mass is 16.2. The van der Waals surface area contributed by atoms with E-state index in [2.05, 4.69) is 19.1 Å². The zero-order valence-corrected chi connectivity index (χ0v) is 13.4. The summed E-state index contributed by atoms with van der Waals surface area (Å²) in [6.45, 7) is 7.46. The van der Waals surface area contributed by atoms with Crippen molar-refractivity contribution in [3.8, 4) is 0 Å². The van der Waals surface area contributed by atoms with Gasteiger partial charge in [0.2, 0.25) is 11.8 Å². The Labute approximate surface area is 131 Å². The molecule has 116 valence electrons. The smallest absolute Gasteiger partial charge is 0.247 e. The van der Waals surface area contributed by atoms with Gasteiger partial charge in [0.25, 0.3) is 0 Å². The van der Waals surface area contributed by atoms with Gasteiger partial charge in [-0.25, -0.2) is 0 Å². The summed E-state index contributed by atoms with van der Waals surface area (Å²) >= 11 is 0. The summed E-state index contributed by atoms with van der Waals surface area (Å²) in [5, 5.41) is 0. The maximum absolute atomic E-state index is 12.5. The molecule has 1 saturated heterocycles. The molecule has 0 spiro atoms. The van der Waals surface area contributed by atoms with Gasteiger partial charge in [0.05, 0.1) is 6.04 Å². The van der Waals surface area contributed by atoms with Crippen LogP contribution in [0.3, 0.4) is 0 Å². The summed E-state index contributed by atoms with van der Waals surface area (Å²) < 4.78 is 0. The number of carbonyl (C=O) groups is 2. The average Bonchev–Trinajstić information content (AvgIpc) is 2.48. The molecule has 0 bridgehead atoms. The van der Waals surface area contributed by atoms with Gasteiger partial charge < -0.3 is 9.80 Å². The molecule has 1 aromatic carbocycles. The highest BCUT2D eigenvalue weighted by molar-refractivity contribution is 5.92. The Morgan fingerprint density at radius 3 is 2.55 bits per heavy atom. The van der Waals surface area contributed by atoms with Gasteiger partial charge in [0, 0.05) is 19.2 Å². The normalized spacial score (nSPS) is 23.7. The predicted octanol–water partition coefficient (Wildman–Crippen LogP) is 2.48. The lowest BCUT2D eigenvalue weighted by atomic mass is 9.85. The highest BCUT2D eigenvalue weighted by Crippen LogP contribution is 2.38. The van der Waals surface area contributed by atoms with Gasteiger partial charge >= 0.3 is 0 Å². The van der Waals surface area contributed by atoms with E-state index in [0.717, 1.165) is 12.1 Å². The second-order valence-corrected chi connectivity index (χ2v) is 6.53. The van der Waals surface area contributed by atoms with Crippen molar-refractivity contribution in [2.45, 2.75) is 32.7 Å². The highest BCUT2D eigenvalue weighted by Gasteiger charge is 2.39. The zero-order chi connectivity index (χ0) is 15.9. The number of rotatable bonds is 1. The SMILES string of the molecule is CC(C)=CC(=O)N1CC(=O)N2CC(C)c3ccccc3C2C1. The summed E-state index contributed by atoms with van der Waals surface area (Å²) in [4.78, 5) is 28.4. The molecule has 22 heavy (non-hydrogen) atoms. The van der Waals surface area contributed by atoms with E-state index in [1.165, 1.54) is 11.1 Å². The molecule has 4 heteroatoms. The van der Waals surface area contributed by atoms with Gasteiger partial charge in [-0.15, -0.1) is 0 Å². The second-order valence-electron chi connectivity index (χ2n) is 6.53. The molecule has 2 aliphatic rings. The van der Waals surface area contributed by atoms with Crippen LogP contribution in [0.2, 0.25) is 0 Å². The molecule has 1 aromatic rings. The van der Waals surface area contributed by atoms with Crippen LogP contribution < -0.4 is 0 Å². The van der Waals surface area contributed by atoms with Gasteiger partial charge in [0.15, 0.2) is 0 Å². The summed E-state index contributed by atoms with van der Waals surface area (Å²) in [5.41, 5.74) is 3.44. The molecule has 2 atom stereocenters. The first-order valence-electron chi connectivity index (χ1n) is 7.79. The van der Waals surface area contributed by atoms with Gasteiger partial charge in [-0.1, -0.05) is 36.8 Å². The Kier molecular flexibility index (Phi) is 3.77. The summed E-state index contributed by atoms with van der Waals surface area (Å²) in [5.74, 6) is 0.327. The lowest BCUT2D eigenvalue weighted by Crippen LogP contribution is -2.55. The number of amides is 2. The molecule has 2 unspecified atom stereocenters. The van der Waals surface area contributed by atoms with Crippen molar-refractivity contribution in [3.63, 3.8) is 0 Å². The summed E-state index contributed by atoms with van der Waals surface area (Å²) in [6, 6.07) is 8.27. The molecule has 0 aromatic heterocycles. The molecule has 1 fully saturated rings. The van der Waals surface area contributed by atoms with E-state index in [0.29, 0.717) is 12.5 Å². The zero-order valence-electron chi connectivity index (χ0n) is 13.4. The maximum Gasteiger partial charge on any atom is 0.247 e. The van der Waals surface area contributed by atoms with Crippen LogP contribution in [0.25, 0.3) is 0 Å². The topological polar surface area (TPSA) is 40.6 Å². The van der Waals surface area contributed by atoms with E-state index in [-0.39, 0.29) is 24.4 Å². The van der Waals surface area contributed by atoms with E-state index in [1.807, 2.05) is 30.9 Å². The Morgan fingerprint density at radius 1 is 1.18 bits per heavy atom. The summed E-state index contributed by atoms with van der Waals surface area (Å²) in [7, 11) is 0. The van der Waals surface area contributed by atoms with Gasteiger partial charge in [0.1, 0.15) is 6.54 Å². The van der Waals surface area contributed by atoms with Crippen molar-refractivity contribution >= 4 is 11.8 Å². The number of carbonyl (C=O) groups excluding carboxylic acids is 2. The molecule has 0 radical (unpaired) electrons. The van der Waals surface area contributed by atoms with E-state index in [1.54, 1.807) is 11.0 Å². The molecule has 2 amide bonds. The number of nitrogens with zero attached hydrogens (tertiary/aromatic N) is 2. The number of benzene rings is 1. The van der Waals surface area contributed by atoms with Gasteiger partial charge in [-0.3, -0.25) is 9.59 Å². The Hall–Kier alpha value is -2.10. The van der Waals surface area contributed by atoms with Crippen LogP contribution in [-0.4, -0.2) is 41.2 Å². The molecule has 0 N–H and O–H groups in total. The van der Waals surface area contributed by atoms with Crippen molar-refractivity contribution in [1.29, 1.82) is 0 Å². The lowest BCUT2D eigenvalue weighted by Gasteiger charge is -2.46. The molecule has 0 saturated carbocycles. The van der Waals surface area contributed by atoms with Crippen LogP contribution in [0.4, 0.5) is 0 Å². The fraction of sp³-hybridized carbons (Fsp3) is 0.444. The van der Waals surface area contributed by atoms with Crippen molar-refractivity contribution in [2.24, 2.45) is 0 Å². The van der Waals surface area contributed by atoms with Crippen molar-refractivity contribution in [2.75, 3.05) is 19.6 Å². The van der Waals surface area contributed by atoms with Crippen molar-refractivity contribution in [3.05, 3.63) is 47.0 Å².